The Morgan fingerprint density at radius 3 is 2.47 bits per heavy atom. The molecule has 0 aliphatic carbocycles. The second-order valence-electron chi connectivity index (χ2n) is 8.75. The Kier molecular flexibility index (Phi) is 6.80. The number of aromatic amines is 1. The molecule has 0 bridgehead atoms. The number of hydrogen-bond acceptors (Lipinski definition) is 8. The predicted molar refractivity (Wildman–Crippen MR) is 133 cm³/mol. The standard InChI is InChI=1S/C23H32N10O/c1-15-12-19(27-20-13-16(2)29-30-20)28-22(25-15)32-8-10-33(11-9-32)23(34)26-17(3)18-6-7-21(24-14-18)31(4)5/h6-7,12-14,17H,8-11H2,1-5H3,(H,26,34)(H2,25,27,28,29,30)/t17-/m0/s1. The van der Waals surface area contributed by atoms with Crippen molar-refractivity contribution in [3.8, 4) is 0 Å². The van der Waals surface area contributed by atoms with Crippen LogP contribution in [0.25, 0.3) is 0 Å². The molecule has 34 heavy (non-hydrogen) atoms. The van der Waals surface area contributed by atoms with Crippen molar-refractivity contribution in [3.05, 3.63) is 47.4 Å². The van der Waals surface area contributed by atoms with E-state index in [4.69, 9.17) is 0 Å². The van der Waals surface area contributed by atoms with Crippen molar-refractivity contribution in [2.45, 2.75) is 26.8 Å². The summed E-state index contributed by atoms with van der Waals surface area (Å²) in [6.07, 6.45) is 1.81. The molecule has 11 nitrogen and oxygen atoms in total. The summed E-state index contributed by atoms with van der Waals surface area (Å²) in [7, 11) is 3.90. The fourth-order valence-corrected chi connectivity index (χ4v) is 3.76. The zero-order chi connectivity index (χ0) is 24.2. The van der Waals surface area contributed by atoms with Gasteiger partial charge in [-0.2, -0.15) is 10.1 Å². The summed E-state index contributed by atoms with van der Waals surface area (Å²) in [5, 5.41) is 13.4. The maximum Gasteiger partial charge on any atom is 0.317 e. The van der Waals surface area contributed by atoms with Gasteiger partial charge in [0.15, 0.2) is 5.82 Å². The van der Waals surface area contributed by atoms with Crippen LogP contribution in [0.1, 0.15) is 29.9 Å². The van der Waals surface area contributed by atoms with Crippen LogP contribution in [0, 0.1) is 13.8 Å². The third kappa shape index (κ3) is 5.53. The van der Waals surface area contributed by atoms with Crippen LogP contribution in [0.3, 0.4) is 0 Å². The molecule has 1 atom stereocenters. The van der Waals surface area contributed by atoms with Gasteiger partial charge in [0.05, 0.1) is 6.04 Å². The van der Waals surface area contributed by atoms with Crippen molar-refractivity contribution in [2.75, 3.05) is 55.4 Å². The van der Waals surface area contributed by atoms with Gasteiger partial charge in [-0.05, 0) is 32.4 Å². The number of hydrogen-bond donors (Lipinski definition) is 3. The first kappa shape index (κ1) is 23.3. The quantitative estimate of drug-likeness (QED) is 0.510. The van der Waals surface area contributed by atoms with Gasteiger partial charge in [-0.3, -0.25) is 5.10 Å². The molecule has 0 aromatic carbocycles. The number of nitrogens with zero attached hydrogens (tertiary/aromatic N) is 7. The van der Waals surface area contributed by atoms with Crippen LogP contribution in [0.5, 0.6) is 0 Å². The largest absolute Gasteiger partial charge is 0.363 e. The highest BCUT2D eigenvalue weighted by Crippen LogP contribution is 2.20. The summed E-state index contributed by atoms with van der Waals surface area (Å²) in [5.74, 6) is 2.94. The van der Waals surface area contributed by atoms with Gasteiger partial charge in [-0.15, -0.1) is 0 Å². The molecule has 2 amide bonds. The van der Waals surface area contributed by atoms with E-state index in [1.54, 1.807) is 0 Å². The second kappa shape index (κ2) is 9.94. The number of aryl methyl sites for hydroxylation is 2. The van der Waals surface area contributed by atoms with Crippen molar-refractivity contribution in [2.24, 2.45) is 0 Å². The summed E-state index contributed by atoms with van der Waals surface area (Å²) in [6.45, 7) is 8.36. The third-order valence-electron chi connectivity index (χ3n) is 5.72. The maximum absolute atomic E-state index is 12.8. The number of anilines is 4. The Bertz CT molecular complexity index is 1120. The van der Waals surface area contributed by atoms with E-state index in [0.717, 1.165) is 22.8 Å². The fourth-order valence-electron chi connectivity index (χ4n) is 3.76. The molecule has 180 valence electrons. The van der Waals surface area contributed by atoms with Gasteiger partial charge in [0.25, 0.3) is 0 Å². The molecule has 1 aliphatic rings. The van der Waals surface area contributed by atoms with Crippen molar-refractivity contribution in [1.29, 1.82) is 0 Å². The Morgan fingerprint density at radius 1 is 1.09 bits per heavy atom. The Hall–Kier alpha value is -3.89. The first-order valence-corrected chi connectivity index (χ1v) is 11.4. The molecule has 11 heteroatoms. The van der Waals surface area contributed by atoms with Crippen molar-refractivity contribution in [1.82, 2.24) is 35.4 Å². The molecule has 1 saturated heterocycles. The number of nitrogens with one attached hydrogen (secondary N) is 3. The van der Waals surface area contributed by atoms with Gasteiger partial charge in [-0.25, -0.2) is 14.8 Å². The fraction of sp³-hybridized carbons (Fsp3) is 0.435. The molecule has 4 heterocycles. The van der Waals surface area contributed by atoms with Gasteiger partial charge < -0.3 is 25.3 Å². The summed E-state index contributed by atoms with van der Waals surface area (Å²) in [6, 6.07) is 7.55. The lowest BCUT2D eigenvalue weighted by Gasteiger charge is -2.35. The van der Waals surface area contributed by atoms with E-state index in [1.165, 1.54) is 0 Å². The van der Waals surface area contributed by atoms with Crippen molar-refractivity contribution >= 4 is 29.4 Å². The molecule has 3 aromatic heterocycles. The molecule has 1 fully saturated rings. The normalized spacial score (nSPS) is 14.6. The first-order valence-electron chi connectivity index (χ1n) is 11.4. The lowest BCUT2D eigenvalue weighted by atomic mass is 10.1. The number of amides is 2. The van der Waals surface area contributed by atoms with Gasteiger partial charge in [-0.1, -0.05) is 6.07 Å². The van der Waals surface area contributed by atoms with Gasteiger partial charge in [0.1, 0.15) is 11.6 Å². The number of carbonyl (C=O) groups is 1. The Labute approximate surface area is 199 Å². The number of pyridine rings is 1. The van der Waals surface area contributed by atoms with Gasteiger partial charge >= 0.3 is 6.03 Å². The highest BCUT2D eigenvalue weighted by Gasteiger charge is 2.24. The smallest absolute Gasteiger partial charge is 0.317 e. The van der Waals surface area contributed by atoms with Crippen molar-refractivity contribution in [3.63, 3.8) is 0 Å². The summed E-state index contributed by atoms with van der Waals surface area (Å²) in [5.41, 5.74) is 2.81. The molecule has 0 unspecified atom stereocenters. The molecule has 0 radical (unpaired) electrons. The highest BCUT2D eigenvalue weighted by molar-refractivity contribution is 5.75. The van der Waals surface area contributed by atoms with E-state index >= 15 is 0 Å². The Morgan fingerprint density at radius 2 is 1.85 bits per heavy atom. The number of piperazine rings is 1. The van der Waals surface area contributed by atoms with Gasteiger partial charge in [0, 0.05) is 70.0 Å². The SMILES string of the molecule is Cc1cc(Nc2cc(C)[nH]n2)nc(N2CCN(C(=O)N[C@@H](C)c3ccc(N(C)C)nc3)CC2)n1. The number of H-pyrrole nitrogens is 1. The molecule has 0 saturated carbocycles. The van der Waals surface area contributed by atoms with Crippen LogP contribution < -0.4 is 20.4 Å². The monoisotopic (exact) mass is 464 g/mol. The lowest BCUT2D eigenvalue weighted by Crippen LogP contribution is -2.52. The van der Waals surface area contributed by atoms with E-state index < -0.39 is 0 Å². The first-order chi connectivity index (χ1) is 16.3. The molecule has 4 rings (SSSR count). The summed E-state index contributed by atoms with van der Waals surface area (Å²) < 4.78 is 0. The average Bonchev–Trinajstić information content (AvgIpc) is 3.23. The molecule has 1 aliphatic heterocycles. The second-order valence-corrected chi connectivity index (χ2v) is 8.75. The molecule has 0 spiro atoms. The highest BCUT2D eigenvalue weighted by atomic mass is 16.2. The summed E-state index contributed by atoms with van der Waals surface area (Å²) >= 11 is 0. The zero-order valence-corrected chi connectivity index (χ0v) is 20.3. The maximum atomic E-state index is 12.8. The van der Waals surface area contributed by atoms with Crippen LogP contribution >= 0.6 is 0 Å². The van der Waals surface area contributed by atoms with Crippen LogP contribution in [0.4, 0.5) is 28.2 Å². The minimum absolute atomic E-state index is 0.0785. The van der Waals surface area contributed by atoms with Crippen molar-refractivity contribution < 1.29 is 4.79 Å². The molecular formula is C23H32N10O. The minimum atomic E-state index is -0.131. The Balaban J connectivity index is 1.33. The van der Waals surface area contributed by atoms with Crippen LogP contribution in [-0.2, 0) is 0 Å². The molecule has 3 N–H and O–H groups in total. The zero-order valence-electron chi connectivity index (χ0n) is 20.3. The van der Waals surface area contributed by atoms with Crippen LogP contribution in [-0.4, -0.2) is 76.4 Å². The minimum Gasteiger partial charge on any atom is -0.363 e. The summed E-state index contributed by atoms with van der Waals surface area (Å²) in [4.78, 5) is 32.4. The molecule has 3 aromatic rings. The topological polar surface area (TPSA) is 118 Å². The average molecular weight is 465 g/mol. The van der Waals surface area contributed by atoms with E-state index in [2.05, 4.69) is 40.7 Å². The molecular weight excluding hydrogens is 432 g/mol. The van der Waals surface area contributed by atoms with Gasteiger partial charge in [0.2, 0.25) is 5.95 Å². The number of rotatable bonds is 6. The van der Waals surface area contributed by atoms with Crippen LogP contribution in [0.2, 0.25) is 0 Å². The number of carbonyl (C=O) groups excluding carboxylic acids is 1. The predicted octanol–water partition coefficient (Wildman–Crippen LogP) is 2.61. The van der Waals surface area contributed by atoms with Crippen LogP contribution in [0.15, 0.2) is 30.5 Å². The van der Waals surface area contributed by atoms with E-state index in [1.807, 2.05) is 75.1 Å². The number of urea groups is 1. The van der Waals surface area contributed by atoms with E-state index in [-0.39, 0.29) is 12.1 Å². The van der Waals surface area contributed by atoms with E-state index in [9.17, 15) is 4.79 Å². The lowest BCUT2D eigenvalue weighted by molar-refractivity contribution is 0.191. The van der Waals surface area contributed by atoms with E-state index in [0.29, 0.717) is 43.8 Å². The third-order valence-corrected chi connectivity index (χ3v) is 5.72. The number of aromatic nitrogens is 5.